The first-order chi connectivity index (χ1) is 7.66. The summed E-state index contributed by atoms with van der Waals surface area (Å²) in [4.78, 5) is 14.2. The molecule has 0 radical (unpaired) electrons. The maximum atomic E-state index is 10.6. The second kappa shape index (κ2) is 4.47. The number of anilines is 1. The summed E-state index contributed by atoms with van der Waals surface area (Å²) < 4.78 is 0. The molecule has 0 unspecified atom stereocenters. The predicted molar refractivity (Wildman–Crippen MR) is 61.5 cm³/mol. The average Bonchev–Trinajstić information content (AvgIpc) is 2.14. The molecule has 1 aromatic heterocycles. The zero-order valence-corrected chi connectivity index (χ0v) is 9.27. The first kappa shape index (κ1) is 10.9. The minimum atomic E-state index is -0.405. The lowest BCUT2D eigenvalue weighted by Crippen LogP contribution is -2.21. The third-order valence-electron chi connectivity index (χ3n) is 3.08. The van der Waals surface area contributed by atoms with Crippen LogP contribution in [0.2, 0.25) is 0 Å². The molecule has 5 nitrogen and oxygen atoms in total. The van der Waals surface area contributed by atoms with E-state index in [1.807, 2.05) is 0 Å². The molecule has 1 saturated carbocycles. The zero-order chi connectivity index (χ0) is 11.5. The van der Waals surface area contributed by atoms with Gasteiger partial charge in [-0.05, 0) is 31.7 Å². The van der Waals surface area contributed by atoms with Gasteiger partial charge in [0.15, 0.2) is 0 Å². The fraction of sp³-hybridized carbons (Fsp3) is 0.545. The van der Waals surface area contributed by atoms with Gasteiger partial charge in [-0.15, -0.1) is 0 Å². The molecule has 5 heteroatoms. The van der Waals surface area contributed by atoms with E-state index in [1.165, 1.54) is 25.5 Å². The van der Waals surface area contributed by atoms with Crippen LogP contribution in [0.3, 0.4) is 0 Å². The Bertz CT molecular complexity index is 402. The van der Waals surface area contributed by atoms with E-state index in [2.05, 4.69) is 10.3 Å². The first-order valence-corrected chi connectivity index (χ1v) is 5.51. The molecule has 16 heavy (non-hydrogen) atoms. The summed E-state index contributed by atoms with van der Waals surface area (Å²) in [6.45, 7) is 2.65. The van der Waals surface area contributed by atoms with Crippen LogP contribution < -0.4 is 5.32 Å². The van der Waals surface area contributed by atoms with Crippen LogP contribution in [0.25, 0.3) is 0 Å². The maximum absolute atomic E-state index is 10.6. The number of pyridine rings is 1. The molecule has 86 valence electrons. The fourth-order valence-electron chi connectivity index (χ4n) is 1.78. The smallest absolute Gasteiger partial charge is 0.290 e. The summed E-state index contributed by atoms with van der Waals surface area (Å²) in [5.74, 6) is 1.48. The number of nitrogens with zero attached hydrogens (tertiary/aromatic N) is 2. The van der Waals surface area contributed by atoms with Crippen molar-refractivity contribution in [2.24, 2.45) is 5.92 Å². The molecule has 1 aliphatic rings. The van der Waals surface area contributed by atoms with E-state index in [1.54, 1.807) is 13.0 Å². The van der Waals surface area contributed by atoms with E-state index in [0.717, 1.165) is 18.3 Å². The molecular weight excluding hydrogens is 206 g/mol. The standard InChI is InChI=1S/C11H15N3O2/c1-8-5-11(12-6-9-3-2-4-9)13-7-10(8)14(15)16/h5,7,9H,2-4,6H2,1H3,(H,12,13). The number of nitrogens with one attached hydrogen (secondary N) is 1. The van der Waals surface area contributed by atoms with Gasteiger partial charge in [-0.25, -0.2) is 4.98 Å². The van der Waals surface area contributed by atoms with Crippen molar-refractivity contribution in [3.8, 4) is 0 Å². The topological polar surface area (TPSA) is 68.1 Å². The number of hydrogen-bond donors (Lipinski definition) is 1. The fourth-order valence-corrected chi connectivity index (χ4v) is 1.78. The van der Waals surface area contributed by atoms with E-state index in [9.17, 15) is 10.1 Å². The first-order valence-electron chi connectivity index (χ1n) is 5.51. The molecule has 1 fully saturated rings. The highest BCUT2D eigenvalue weighted by molar-refractivity contribution is 5.46. The largest absolute Gasteiger partial charge is 0.370 e. The third-order valence-corrected chi connectivity index (χ3v) is 3.08. The van der Waals surface area contributed by atoms with Gasteiger partial charge in [0.05, 0.1) is 4.92 Å². The number of hydrogen-bond acceptors (Lipinski definition) is 4. The van der Waals surface area contributed by atoms with Crippen LogP contribution in [-0.2, 0) is 0 Å². The van der Waals surface area contributed by atoms with E-state index in [-0.39, 0.29) is 5.69 Å². The van der Waals surface area contributed by atoms with Gasteiger partial charge >= 0.3 is 0 Å². The van der Waals surface area contributed by atoms with E-state index in [4.69, 9.17) is 0 Å². The Kier molecular flexibility index (Phi) is 3.03. The van der Waals surface area contributed by atoms with Crippen LogP contribution in [-0.4, -0.2) is 16.5 Å². The lowest BCUT2D eigenvalue weighted by atomic mass is 9.85. The minimum Gasteiger partial charge on any atom is -0.370 e. The quantitative estimate of drug-likeness (QED) is 0.626. The lowest BCUT2D eigenvalue weighted by Gasteiger charge is -2.25. The summed E-state index contributed by atoms with van der Waals surface area (Å²) in [5.41, 5.74) is 0.727. The Hall–Kier alpha value is -1.65. The summed E-state index contributed by atoms with van der Waals surface area (Å²) in [6, 6.07) is 1.73. The van der Waals surface area contributed by atoms with Crippen molar-refractivity contribution in [1.82, 2.24) is 4.98 Å². The van der Waals surface area contributed by atoms with E-state index in [0.29, 0.717) is 5.56 Å². The number of nitro groups is 1. The summed E-state index contributed by atoms with van der Waals surface area (Å²) in [5, 5.41) is 13.8. The van der Waals surface area contributed by atoms with Crippen molar-refractivity contribution in [3.63, 3.8) is 0 Å². The van der Waals surface area contributed by atoms with Crippen LogP contribution in [0.15, 0.2) is 12.3 Å². The van der Waals surface area contributed by atoms with Crippen molar-refractivity contribution in [2.75, 3.05) is 11.9 Å². The van der Waals surface area contributed by atoms with Crippen molar-refractivity contribution in [1.29, 1.82) is 0 Å². The zero-order valence-electron chi connectivity index (χ0n) is 9.27. The van der Waals surface area contributed by atoms with Crippen molar-refractivity contribution in [2.45, 2.75) is 26.2 Å². The normalized spacial score (nSPS) is 15.6. The van der Waals surface area contributed by atoms with Gasteiger partial charge < -0.3 is 5.32 Å². The SMILES string of the molecule is Cc1cc(NCC2CCC2)ncc1[N+](=O)[O-]. The van der Waals surface area contributed by atoms with Gasteiger partial charge in [-0.3, -0.25) is 10.1 Å². The van der Waals surface area contributed by atoms with Crippen molar-refractivity contribution in [3.05, 3.63) is 27.9 Å². The Balaban J connectivity index is 1.99. The Morgan fingerprint density at radius 1 is 1.62 bits per heavy atom. The van der Waals surface area contributed by atoms with Crippen LogP contribution in [0.4, 0.5) is 11.5 Å². The molecule has 0 bridgehead atoms. The summed E-state index contributed by atoms with van der Waals surface area (Å²) >= 11 is 0. The van der Waals surface area contributed by atoms with Crippen molar-refractivity contribution >= 4 is 11.5 Å². The number of aromatic nitrogens is 1. The molecule has 0 aromatic carbocycles. The van der Waals surface area contributed by atoms with Gasteiger partial charge in [0, 0.05) is 12.1 Å². The van der Waals surface area contributed by atoms with Crippen molar-refractivity contribution < 1.29 is 4.92 Å². The average molecular weight is 221 g/mol. The van der Waals surface area contributed by atoms with Gasteiger partial charge in [0.1, 0.15) is 12.0 Å². The molecule has 0 saturated heterocycles. The van der Waals surface area contributed by atoms with Crippen LogP contribution in [0, 0.1) is 23.0 Å². The van der Waals surface area contributed by atoms with Crippen LogP contribution in [0.1, 0.15) is 24.8 Å². The second-order valence-electron chi connectivity index (χ2n) is 4.29. The molecule has 1 aromatic rings. The Morgan fingerprint density at radius 2 is 2.38 bits per heavy atom. The van der Waals surface area contributed by atoms with Gasteiger partial charge in [0.2, 0.25) is 0 Å². The highest BCUT2D eigenvalue weighted by Gasteiger charge is 2.17. The number of rotatable bonds is 4. The molecule has 0 aliphatic heterocycles. The molecule has 0 spiro atoms. The lowest BCUT2D eigenvalue weighted by molar-refractivity contribution is -0.385. The number of aryl methyl sites for hydroxylation is 1. The third kappa shape index (κ3) is 2.29. The van der Waals surface area contributed by atoms with Gasteiger partial charge in [-0.2, -0.15) is 0 Å². The molecule has 0 amide bonds. The van der Waals surface area contributed by atoms with Crippen LogP contribution in [0.5, 0.6) is 0 Å². The Morgan fingerprint density at radius 3 is 2.88 bits per heavy atom. The second-order valence-corrected chi connectivity index (χ2v) is 4.29. The molecule has 1 N–H and O–H groups in total. The Labute approximate surface area is 94.0 Å². The van der Waals surface area contributed by atoms with E-state index >= 15 is 0 Å². The maximum Gasteiger partial charge on any atom is 0.290 e. The molecule has 0 atom stereocenters. The summed E-state index contributed by atoms with van der Waals surface area (Å²) in [6.07, 6.45) is 5.19. The van der Waals surface area contributed by atoms with E-state index < -0.39 is 4.92 Å². The highest BCUT2D eigenvalue weighted by Crippen LogP contribution is 2.26. The highest BCUT2D eigenvalue weighted by atomic mass is 16.6. The molecule has 2 rings (SSSR count). The molecule has 1 aliphatic carbocycles. The predicted octanol–water partition coefficient (Wildman–Crippen LogP) is 2.51. The molecular formula is C11H15N3O2. The summed E-state index contributed by atoms with van der Waals surface area (Å²) in [7, 11) is 0. The van der Waals surface area contributed by atoms with Gasteiger partial charge in [-0.1, -0.05) is 6.42 Å². The minimum absolute atomic E-state index is 0.0780. The van der Waals surface area contributed by atoms with Gasteiger partial charge in [0.25, 0.3) is 5.69 Å². The van der Waals surface area contributed by atoms with Crippen LogP contribution >= 0.6 is 0 Å². The monoisotopic (exact) mass is 221 g/mol. The molecule has 1 heterocycles.